The molecule has 2 N–H and O–H groups in total. The SMILES string of the molecule is O=C1NC[C@@H](C(=O)CC(CC2CCCCC2)c2ccc(F)c(Cl)c2F)N1. The topological polar surface area (TPSA) is 58.2 Å². The van der Waals surface area contributed by atoms with Crippen molar-refractivity contribution >= 4 is 23.4 Å². The Morgan fingerprint density at radius 1 is 1.23 bits per heavy atom. The van der Waals surface area contributed by atoms with E-state index in [2.05, 4.69) is 10.6 Å². The molecule has 2 atom stereocenters. The van der Waals surface area contributed by atoms with Gasteiger partial charge in [0.2, 0.25) is 0 Å². The number of Topliss-reactive ketones (excluding diaryl/α,β-unsaturated/α-hetero) is 1. The molecule has 142 valence electrons. The summed E-state index contributed by atoms with van der Waals surface area (Å²) in [6.07, 6.45) is 6.37. The Labute approximate surface area is 156 Å². The van der Waals surface area contributed by atoms with Gasteiger partial charge in [-0.05, 0) is 29.9 Å². The van der Waals surface area contributed by atoms with Gasteiger partial charge < -0.3 is 10.6 Å². The van der Waals surface area contributed by atoms with Crippen molar-refractivity contribution in [2.24, 2.45) is 5.92 Å². The molecule has 1 unspecified atom stereocenters. The lowest BCUT2D eigenvalue weighted by Gasteiger charge is -2.27. The third-order valence-electron chi connectivity index (χ3n) is 5.46. The second-order valence-corrected chi connectivity index (χ2v) is 7.66. The maximum absolute atomic E-state index is 14.6. The van der Waals surface area contributed by atoms with Crippen LogP contribution in [0.4, 0.5) is 13.6 Å². The van der Waals surface area contributed by atoms with Crippen molar-refractivity contribution in [2.45, 2.75) is 56.9 Å². The average Bonchev–Trinajstić information content (AvgIpc) is 3.07. The largest absolute Gasteiger partial charge is 0.336 e. The molecule has 1 aliphatic carbocycles. The van der Waals surface area contributed by atoms with Crippen molar-refractivity contribution in [3.05, 3.63) is 34.4 Å². The zero-order valence-electron chi connectivity index (χ0n) is 14.5. The summed E-state index contributed by atoms with van der Waals surface area (Å²) in [5.41, 5.74) is 0.285. The van der Waals surface area contributed by atoms with Crippen LogP contribution in [0.3, 0.4) is 0 Å². The first kappa shape index (κ1) is 19.1. The first-order valence-corrected chi connectivity index (χ1v) is 9.54. The molecule has 26 heavy (non-hydrogen) atoms. The van der Waals surface area contributed by atoms with Gasteiger partial charge in [-0.25, -0.2) is 13.6 Å². The van der Waals surface area contributed by atoms with Gasteiger partial charge in [0.05, 0.1) is 0 Å². The highest BCUT2D eigenvalue weighted by Crippen LogP contribution is 2.37. The van der Waals surface area contributed by atoms with Crippen LogP contribution in [0.1, 0.15) is 56.4 Å². The first-order chi connectivity index (χ1) is 12.5. The Hall–Kier alpha value is -1.69. The Morgan fingerprint density at radius 2 is 1.96 bits per heavy atom. The van der Waals surface area contributed by atoms with Gasteiger partial charge >= 0.3 is 6.03 Å². The minimum atomic E-state index is -0.803. The Bertz CT molecular complexity index is 692. The number of rotatable bonds is 6. The van der Waals surface area contributed by atoms with Crippen molar-refractivity contribution in [2.75, 3.05) is 6.54 Å². The lowest BCUT2D eigenvalue weighted by atomic mass is 9.78. The first-order valence-electron chi connectivity index (χ1n) is 9.16. The monoisotopic (exact) mass is 384 g/mol. The zero-order chi connectivity index (χ0) is 18.7. The van der Waals surface area contributed by atoms with Crippen LogP contribution in [-0.4, -0.2) is 24.4 Å². The summed E-state index contributed by atoms with van der Waals surface area (Å²) >= 11 is 5.75. The number of carbonyl (C=O) groups is 2. The molecule has 0 bridgehead atoms. The molecule has 2 fully saturated rings. The van der Waals surface area contributed by atoms with Crippen LogP contribution in [-0.2, 0) is 4.79 Å². The number of hydrogen-bond acceptors (Lipinski definition) is 2. The fraction of sp³-hybridized carbons (Fsp3) is 0.579. The molecule has 0 radical (unpaired) electrons. The number of ketones is 1. The number of benzene rings is 1. The van der Waals surface area contributed by atoms with Crippen LogP contribution in [0, 0.1) is 17.6 Å². The van der Waals surface area contributed by atoms with Crippen LogP contribution >= 0.6 is 11.6 Å². The van der Waals surface area contributed by atoms with E-state index in [1.165, 1.54) is 12.5 Å². The minimum Gasteiger partial charge on any atom is -0.336 e. The molecule has 1 saturated carbocycles. The smallest absolute Gasteiger partial charge is 0.315 e. The summed E-state index contributed by atoms with van der Waals surface area (Å²) in [5, 5.41) is 4.60. The number of carbonyl (C=O) groups excluding carboxylic acids is 2. The number of amides is 2. The third kappa shape index (κ3) is 4.34. The van der Waals surface area contributed by atoms with E-state index in [9.17, 15) is 18.4 Å². The van der Waals surface area contributed by atoms with Crippen molar-refractivity contribution in [1.82, 2.24) is 10.6 Å². The van der Waals surface area contributed by atoms with E-state index < -0.39 is 22.7 Å². The summed E-state index contributed by atoms with van der Waals surface area (Å²) in [4.78, 5) is 23.9. The van der Waals surface area contributed by atoms with E-state index in [0.29, 0.717) is 12.3 Å². The molecular weight excluding hydrogens is 362 g/mol. The Balaban J connectivity index is 1.80. The average molecular weight is 385 g/mol. The van der Waals surface area contributed by atoms with Gasteiger partial charge in [0, 0.05) is 13.0 Å². The summed E-state index contributed by atoms with van der Waals surface area (Å²) in [6.45, 7) is 0.237. The predicted octanol–water partition coefficient (Wildman–Crippen LogP) is 4.31. The molecule has 3 rings (SSSR count). The zero-order valence-corrected chi connectivity index (χ0v) is 15.2. The molecule has 4 nitrogen and oxygen atoms in total. The fourth-order valence-corrected chi connectivity index (χ4v) is 4.21. The normalized spacial score (nSPS) is 22.0. The summed E-state index contributed by atoms with van der Waals surface area (Å²) < 4.78 is 28.1. The van der Waals surface area contributed by atoms with Crippen molar-refractivity contribution in [3.8, 4) is 0 Å². The number of nitrogens with one attached hydrogen (secondary N) is 2. The van der Waals surface area contributed by atoms with Gasteiger partial charge in [-0.15, -0.1) is 0 Å². The van der Waals surface area contributed by atoms with Crippen molar-refractivity contribution in [1.29, 1.82) is 0 Å². The molecule has 1 saturated heterocycles. The lowest BCUT2D eigenvalue weighted by molar-refractivity contribution is -0.120. The molecule has 7 heteroatoms. The van der Waals surface area contributed by atoms with Crippen LogP contribution in [0.25, 0.3) is 0 Å². The van der Waals surface area contributed by atoms with E-state index in [0.717, 1.165) is 31.7 Å². The standard InChI is InChI=1S/C19H23ClF2N2O2/c20-17-14(21)7-6-13(18(17)22)12(8-11-4-2-1-3-5-11)9-16(25)15-10-23-19(26)24-15/h6-7,11-12,15H,1-5,8-10H2,(H2,23,24,26)/t12?,15-/m0/s1. The molecule has 2 aliphatic rings. The second-order valence-electron chi connectivity index (χ2n) is 7.28. The van der Waals surface area contributed by atoms with Gasteiger partial charge in [-0.2, -0.15) is 0 Å². The number of hydrogen-bond donors (Lipinski definition) is 2. The van der Waals surface area contributed by atoms with Gasteiger partial charge in [0.1, 0.15) is 22.7 Å². The van der Waals surface area contributed by atoms with Crippen molar-refractivity contribution < 1.29 is 18.4 Å². The van der Waals surface area contributed by atoms with E-state index in [-0.39, 0.29) is 36.3 Å². The lowest BCUT2D eigenvalue weighted by Crippen LogP contribution is -2.35. The van der Waals surface area contributed by atoms with Gasteiger partial charge in [-0.3, -0.25) is 4.79 Å². The highest BCUT2D eigenvalue weighted by Gasteiger charge is 2.31. The highest BCUT2D eigenvalue weighted by molar-refractivity contribution is 6.31. The Kier molecular flexibility index (Phi) is 6.12. The van der Waals surface area contributed by atoms with Crippen molar-refractivity contribution in [3.63, 3.8) is 0 Å². The fourth-order valence-electron chi connectivity index (χ4n) is 4.04. The molecule has 1 heterocycles. The number of urea groups is 1. The van der Waals surface area contributed by atoms with Crippen LogP contribution in [0.2, 0.25) is 5.02 Å². The van der Waals surface area contributed by atoms with Gasteiger partial charge in [0.15, 0.2) is 5.78 Å². The minimum absolute atomic E-state index is 0.0992. The Morgan fingerprint density at radius 3 is 2.62 bits per heavy atom. The molecule has 1 aromatic carbocycles. The summed E-state index contributed by atoms with van der Waals surface area (Å²) in [6, 6.07) is 1.57. The molecule has 0 aromatic heterocycles. The van der Waals surface area contributed by atoms with Crippen LogP contribution in [0.5, 0.6) is 0 Å². The van der Waals surface area contributed by atoms with E-state index in [1.807, 2.05) is 0 Å². The summed E-state index contributed by atoms with van der Waals surface area (Å²) in [5.74, 6) is -1.69. The van der Waals surface area contributed by atoms with Crippen LogP contribution < -0.4 is 10.6 Å². The quantitative estimate of drug-likeness (QED) is 0.718. The molecule has 1 aliphatic heterocycles. The van der Waals surface area contributed by atoms with Gasteiger partial charge in [-0.1, -0.05) is 49.8 Å². The second kappa shape index (κ2) is 8.33. The predicted molar refractivity (Wildman–Crippen MR) is 95.2 cm³/mol. The van der Waals surface area contributed by atoms with E-state index in [1.54, 1.807) is 0 Å². The maximum atomic E-state index is 14.6. The van der Waals surface area contributed by atoms with E-state index in [4.69, 9.17) is 11.6 Å². The third-order valence-corrected chi connectivity index (χ3v) is 5.80. The van der Waals surface area contributed by atoms with E-state index >= 15 is 0 Å². The molecular formula is C19H23ClF2N2O2. The molecule has 1 aromatic rings. The van der Waals surface area contributed by atoms with Gasteiger partial charge in [0.25, 0.3) is 0 Å². The maximum Gasteiger partial charge on any atom is 0.315 e. The summed E-state index contributed by atoms with van der Waals surface area (Å²) in [7, 11) is 0. The highest BCUT2D eigenvalue weighted by atomic mass is 35.5. The molecule has 0 spiro atoms. The molecule has 2 amide bonds. The number of halogens is 3. The van der Waals surface area contributed by atoms with Crippen LogP contribution in [0.15, 0.2) is 12.1 Å².